The summed E-state index contributed by atoms with van der Waals surface area (Å²) in [4.78, 5) is 24.0. The van der Waals surface area contributed by atoms with E-state index < -0.39 is 11.4 Å². The average molecular weight is 387 g/mol. The molecule has 1 aliphatic heterocycles. The number of carboxylic acid groups (broad SMARTS) is 1. The highest BCUT2D eigenvalue weighted by atomic mass is 16.5. The lowest BCUT2D eigenvalue weighted by Crippen LogP contribution is -2.37. The molecule has 1 aliphatic rings. The molecule has 7 heteroatoms. The van der Waals surface area contributed by atoms with Gasteiger partial charge in [0.1, 0.15) is 5.56 Å². The summed E-state index contributed by atoms with van der Waals surface area (Å²) >= 11 is 0. The fourth-order valence-corrected chi connectivity index (χ4v) is 3.94. The van der Waals surface area contributed by atoms with Gasteiger partial charge in [-0.05, 0) is 24.1 Å². The Morgan fingerprint density at radius 3 is 2.39 bits per heavy atom. The molecule has 1 atom stereocenters. The molecule has 7 nitrogen and oxygen atoms in total. The minimum Gasteiger partial charge on any atom is -0.493 e. The fraction of sp³-hybridized carbons (Fsp3) is 0.429. The highest BCUT2D eigenvalue weighted by Gasteiger charge is 2.37. The summed E-state index contributed by atoms with van der Waals surface area (Å²) in [6.45, 7) is 4.61. The Balaban J connectivity index is 2.31. The molecule has 0 aliphatic carbocycles. The van der Waals surface area contributed by atoms with Crippen LogP contribution in [0, 0.1) is 5.41 Å². The number of benzene rings is 1. The van der Waals surface area contributed by atoms with Gasteiger partial charge >= 0.3 is 5.97 Å². The van der Waals surface area contributed by atoms with Crippen molar-refractivity contribution in [2.24, 2.45) is 5.41 Å². The molecule has 3 rings (SSSR count). The molecule has 150 valence electrons. The maximum atomic E-state index is 12.4. The molecule has 0 spiro atoms. The topological polar surface area (TPSA) is 87.0 Å². The molecule has 1 N–H and O–H groups in total. The van der Waals surface area contributed by atoms with Crippen LogP contribution >= 0.6 is 0 Å². The molecular formula is C21H25NO6. The smallest absolute Gasteiger partial charge is 0.341 e. The number of rotatable bonds is 6. The Bertz CT molecular complexity index is 976. The Labute approximate surface area is 163 Å². The van der Waals surface area contributed by atoms with Crippen LogP contribution in [0.5, 0.6) is 11.5 Å². The minimum atomic E-state index is -1.23. The van der Waals surface area contributed by atoms with E-state index in [9.17, 15) is 14.7 Å². The van der Waals surface area contributed by atoms with E-state index in [4.69, 9.17) is 14.2 Å². The first-order valence-corrected chi connectivity index (χ1v) is 8.97. The van der Waals surface area contributed by atoms with Crippen molar-refractivity contribution in [2.45, 2.75) is 26.3 Å². The first-order chi connectivity index (χ1) is 13.2. The van der Waals surface area contributed by atoms with Crippen molar-refractivity contribution in [3.63, 3.8) is 0 Å². The molecule has 0 saturated heterocycles. The minimum absolute atomic E-state index is 0.105. The van der Waals surface area contributed by atoms with Gasteiger partial charge in [-0.25, -0.2) is 4.79 Å². The SMILES string of the molecule is COCC(C)(C)C1Cc2cc(OC)c(OC)cc2-c2cc(=O)c(C(=O)O)cn21. The van der Waals surface area contributed by atoms with E-state index in [0.717, 1.165) is 11.1 Å². The summed E-state index contributed by atoms with van der Waals surface area (Å²) in [5.41, 5.74) is 1.42. The van der Waals surface area contributed by atoms with Crippen LogP contribution in [0.4, 0.5) is 0 Å². The van der Waals surface area contributed by atoms with Crippen LogP contribution in [0.1, 0.15) is 35.8 Å². The summed E-state index contributed by atoms with van der Waals surface area (Å²) in [7, 11) is 4.77. The second-order valence-corrected chi connectivity index (χ2v) is 7.65. The first kappa shape index (κ1) is 19.9. The van der Waals surface area contributed by atoms with Crippen molar-refractivity contribution >= 4 is 5.97 Å². The average Bonchev–Trinajstić information content (AvgIpc) is 2.65. The number of nitrogens with zero attached hydrogens (tertiary/aromatic N) is 1. The van der Waals surface area contributed by atoms with E-state index in [1.807, 2.05) is 16.7 Å². The number of pyridine rings is 1. The standard InChI is InChI=1S/C21H25NO6/c1-21(2,11-26-3)19-7-12-6-17(27-4)18(28-5)8-13(12)15-9-16(23)14(20(24)25)10-22(15)19/h6,8-10,19H,7,11H2,1-5H3,(H,24,25). The van der Waals surface area contributed by atoms with E-state index in [1.54, 1.807) is 21.3 Å². The molecule has 2 heterocycles. The second kappa shape index (κ2) is 7.31. The van der Waals surface area contributed by atoms with Gasteiger partial charge in [0.05, 0.1) is 26.5 Å². The summed E-state index contributed by atoms with van der Waals surface area (Å²) < 4.78 is 18.1. The summed E-state index contributed by atoms with van der Waals surface area (Å²) in [5, 5.41) is 9.43. The van der Waals surface area contributed by atoms with Gasteiger partial charge in [0.15, 0.2) is 16.9 Å². The monoisotopic (exact) mass is 387 g/mol. The Hall–Kier alpha value is -2.80. The van der Waals surface area contributed by atoms with E-state index in [2.05, 4.69) is 13.8 Å². The van der Waals surface area contributed by atoms with E-state index in [1.165, 1.54) is 12.3 Å². The van der Waals surface area contributed by atoms with Crippen LogP contribution in [0.3, 0.4) is 0 Å². The predicted molar refractivity (Wildman–Crippen MR) is 105 cm³/mol. The molecule has 1 aromatic carbocycles. The molecule has 0 amide bonds. The lowest BCUT2D eigenvalue weighted by molar-refractivity contribution is 0.0615. The molecular weight excluding hydrogens is 362 g/mol. The van der Waals surface area contributed by atoms with Crippen LogP contribution in [-0.4, -0.2) is 43.6 Å². The maximum Gasteiger partial charge on any atom is 0.341 e. The van der Waals surface area contributed by atoms with Crippen LogP contribution < -0.4 is 14.9 Å². The second-order valence-electron chi connectivity index (χ2n) is 7.65. The quantitative estimate of drug-likeness (QED) is 0.820. The summed E-state index contributed by atoms with van der Waals surface area (Å²) in [5.74, 6) is -0.0682. The molecule has 0 bridgehead atoms. The third-order valence-corrected chi connectivity index (χ3v) is 5.36. The maximum absolute atomic E-state index is 12.4. The van der Waals surface area contributed by atoms with Crippen molar-refractivity contribution in [2.75, 3.05) is 27.9 Å². The van der Waals surface area contributed by atoms with Gasteiger partial charge in [-0.3, -0.25) is 4.79 Å². The third kappa shape index (κ3) is 3.26. The molecule has 28 heavy (non-hydrogen) atoms. The Morgan fingerprint density at radius 1 is 1.18 bits per heavy atom. The number of carboxylic acids is 1. The number of hydrogen-bond donors (Lipinski definition) is 1. The third-order valence-electron chi connectivity index (χ3n) is 5.36. The van der Waals surface area contributed by atoms with Crippen molar-refractivity contribution in [1.82, 2.24) is 4.57 Å². The van der Waals surface area contributed by atoms with E-state index in [-0.39, 0.29) is 17.0 Å². The van der Waals surface area contributed by atoms with Gasteiger partial charge in [-0.1, -0.05) is 13.8 Å². The summed E-state index contributed by atoms with van der Waals surface area (Å²) in [6.07, 6.45) is 2.09. The molecule has 1 unspecified atom stereocenters. The van der Waals surface area contributed by atoms with Crippen molar-refractivity contribution in [3.05, 3.63) is 45.7 Å². The van der Waals surface area contributed by atoms with E-state index in [0.29, 0.717) is 30.2 Å². The molecule has 0 radical (unpaired) electrons. The number of ether oxygens (including phenoxy) is 3. The lowest BCUT2D eigenvalue weighted by Gasteiger charge is -2.40. The van der Waals surface area contributed by atoms with Gasteiger partial charge < -0.3 is 23.9 Å². The molecule has 2 aromatic rings. The highest BCUT2D eigenvalue weighted by Crippen LogP contribution is 2.45. The number of aromatic nitrogens is 1. The largest absolute Gasteiger partial charge is 0.493 e. The van der Waals surface area contributed by atoms with Crippen LogP contribution in [0.15, 0.2) is 29.2 Å². The zero-order chi connectivity index (χ0) is 20.6. The first-order valence-electron chi connectivity index (χ1n) is 8.97. The summed E-state index contributed by atoms with van der Waals surface area (Å²) in [6, 6.07) is 5.04. The van der Waals surface area contributed by atoms with Crippen LogP contribution in [-0.2, 0) is 11.2 Å². The lowest BCUT2D eigenvalue weighted by atomic mass is 9.77. The normalized spacial score (nSPS) is 15.5. The molecule has 0 fully saturated rings. The number of hydrogen-bond acceptors (Lipinski definition) is 5. The number of methoxy groups -OCH3 is 3. The fourth-order valence-electron chi connectivity index (χ4n) is 3.94. The predicted octanol–water partition coefficient (Wildman–Crippen LogP) is 3.00. The van der Waals surface area contributed by atoms with Crippen molar-refractivity contribution in [1.29, 1.82) is 0 Å². The zero-order valence-corrected chi connectivity index (χ0v) is 16.7. The number of carbonyl (C=O) groups is 1. The van der Waals surface area contributed by atoms with Gasteiger partial charge in [-0.2, -0.15) is 0 Å². The Morgan fingerprint density at radius 2 is 1.82 bits per heavy atom. The number of fused-ring (bicyclic) bond motifs is 3. The zero-order valence-electron chi connectivity index (χ0n) is 16.7. The molecule has 0 saturated carbocycles. The number of aromatic carboxylic acids is 1. The van der Waals surface area contributed by atoms with Gasteiger partial charge in [0, 0.05) is 36.4 Å². The van der Waals surface area contributed by atoms with Gasteiger partial charge in [-0.15, -0.1) is 0 Å². The highest BCUT2D eigenvalue weighted by molar-refractivity contribution is 5.88. The van der Waals surface area contributed by atoms with Gasteiger partial charge in [0.2, 0.25) is 0 Å². The van der Waals surface area contributed by atoms with Crippen molar-refractivity contribution < 1.29 is 24.1 Å². The van der Waals surface area contributed by atoms with Crippen LogP contribution in [0.2, 0.25) is 0 Å². The van der Waals surface area contributed by atoms with Crippen LogP contribution in [0.25, 0.3) is 11.3 Å². The molecule has 1 aromatic heterocycles. The van der Waals surface area contributed by atoms with Crippen molar-refractivity contribution in [3.8, 4) is 22.8 Å². The van der Waals surface area contributed by atoms with E-state index >= 15 is 0 Å². The Kier molecular flexibility index (Phi) is 5.21. The van der Waals surface area contributed by atoms with Gasteiger partial charge in [0.25, 0.3) is 0 Å².